The second kappa shape index (κ2) is 10.5. The van der Waals surface area contributed by atoms with E-state index in [0.29, 0.717) is 27.8 Å². The summed E-state index contributed by atoms with van der Waals surface area (Å²) < 4.78 is 0. The molecule has 184 valence electrons. The molecule has 0 saturated carbocycles. The molecule has 0 bridgehead atoms. The van der Waals surface area contributed by atoms with Crippen LogP contribution in [0.3, 0.4) is 0 Å². The van der Waals surface area contributed by atoms with Gasteiger partial charge in [0.15, 0.2) is 0 Å². The molecule has 4 rings (SSSR count). The first kappa shape index (κ1) is 25.3. The summed E-state index contributed by atoms with van der Waals surface area (Å²) >= 11 is 12.9. The number of nitrogens with zero attached hydrogens (tertiary/aromatic N) is 2. The van der Waals surface area contributed by atoms with Crippen molar-refractivity contribution in [1.82, 2.24) is 4.90 Å². The van der Waals surface area contributed by atoms with Gasteiger partial charge in [0.2, 0.25) is 0 Å². The largest absolute Gasteiger partial charge is 0.481 e. The van der Waals surface area contributed by atoms with E-state index >= 15 is 0 Å². The van der Waals surface area contributed by atoms with Crippen LogP contribution in [0.5, 0.6) is 0 Å². The summed E-state index contributed by atoms with van der Waals surface area (Å²) in [5, 5.41) is 10.8. The highest BCUT2D eigenvalue weighted by atomic mass is 35.5. The van der Waals surface area contributed by atoms with Crippen molar-refractivity contribution in [3.05, 3.63) is 62.6 Å². The van der Waals surface area contributed by atoms with Crippen LogP contribution in [-0.2, 0) is 11.3 Å². The number of likely N-dealkylation sites (tertiary alicyclic amines) is 1. The molecule has 0 aliphatic carbocycles. The minimum Gasteiger partial charge on any atom is -0.481 e. The summed E-state index contributed by atoms with van der Waals surface area (Å²) in [6, 6.07) is 10.5. The molecule has 0 amide bonds. The van der Waals surface area contributed by atoms with E-state index in [1.807, 2.05) is 18.2 Å². The van der Waals surface area contributed by atoms with Crippen molar-refractivity contribution in [2.45, 2.75) is 64.8 Å². The highest BCUT2D eigenvalue weighted by Gasteiger charge is 2.32. The molecule has 4 nitrogen and oxygen atoms in total. The summed E-state index contributed by atoms with van der Waals surface area (Å²) in [4.78, 5) is 16.1. The second-order valence-electron chi connectivity index (χ2n) is 10.5. The zero-order valence-corrected chi connectivity index (χ0v) is 22.2. The third-order valence-corrected chi connectivity index (χ3v) is 8.12. The van der Waals surface area contributed by atoms with Crippen LogP contribution in [0.15, 0.2) is 30.3 Å². The number of rotatable bonds is 7. The quantitative estimate of drug-likeness (QED) is 0.436. The molecule has 2 fully saturated rings. The first-order valence-electron chi connectivity index (χ1n) is 12.5. The lowest BCUT2D eigenvalue weighted by Gasteiger charge is -2.43. The van der Waals surface area contributed by atoms with Gasteiger partial charge in [0.05, 0.1) is 21.7 Å². The summed E-state index contributed by atoms with van der Waals surface area (Å²) in [6.07, 6.45) is 1.48. The number of piperidine rings is 1. The van der Waals surface area contributed by atoms with Gasteiger partial charge < -0.3 is 10.0 Å². The summed E-state index contributed by atoms with van der Waals surface area (Å²) in [7, 11) is 0. The third-order valence-electron chi connectivity index (χ3n) is 7.51. The first-order valence-corrected chi connectivity index (χ1v) is 13.2. The Hall–Kier alpha value is -1.75. The Kier molecular flexibility index (Phi) is 7.81. The van der Waals surface area contributed by atoms with Crippen LogP contribution >= 0.6 is 23.2 Å². The molecular weight excluding hydrogens is 467 g/mol. The van der Waals surface area contributed by atoms with Gasteiger partial charge in [-0.1, -0.05) is 69.1 Å². The molecule has 2 aromatic rings. The fraction of sp³-hybridized carbons (Fsp3) is 0.536. The molecule has 0 aromatic heterocycles. The Bertz CT molecular complexity index is 989. The predicted octanol–water partition coefficient (Wildman–Crippen LogP) is 7.14. The lowest BCUT2D eigenvalue weighted by atomic mass is 9.81. The fourth-order valence-electron chi connectivity index (χ4n) is 5.41. The van der Waals surface area contributed by atoms with Crippen LogP contribution in [0.2, 0.25) is 10.0 Å². The molecule has 2 aliphatic rings. The second-order valence-corrected chi connectivity index (χ2v) is 11.4. The van der Waals surface area contributed by atoms with Gasteiger partial charge in [-0.15, -0.1) is 0 Å². The van der Waals surface area contributed by atoms with Gasteiger partial charge >= 0.3 is 5.97 Å². The van der Waals surface area contributed by atoms with Crippen molar-refractivity contribution in [3.8, 4) is 0 Å². The van der Waals surface area contributed by atoms with Crippen molar-refractivity contribution in [2.75, 3.05) is 31.1 Å². The molecule has 0 spiro atoms. The maximum Gasteiger partial charge on any atom is 0.306 e. The lowest BCUT2D eigenvalue weighted by Crippen LogP contribution is -2.45. The zero-order chi connectivity index (χ0) is 24.6. The molecule has 2 heterocycles. The van der Waals surface area contributed by atoms with E-state index in [0.717, 1.165) is 51.3 Å². The standard InChI is InChI=1S/C28H36Cl2N2O2/c1-17(2)22-12-20(21-14-32(15-21)27-25(29)6-5-7-26(27)30)13-23(18(3)4)24(22)16-31-10-8-19(9-11-31)28(33)34/h5-7,12-13,17-19,21H,8-11,14-16H2,1-4H3,(H,33,34). The maximum atomic E-state index is 11.4. The van der Waals surface area contributed by atoms with Crippen LogP contribution in [0, 0.1) is 5.92 Å². The summed E-state index contributed by atoms with van der Waals surface area (Å²) in [5.74, 6) is 0.474. The number of carboxylic acids is 1. The van der Waals surface area contributed by atoms with E-state index in [1.54, 1.807) is 0 Å². The highest BCUT2D eigenvalue weighted by Crippen LogP contribution is 2.42. The Morgan fingerprint density at radius 1 is 1.00 bits per heavy atom. The minimum absolute atomic E-state index is 0.194. The summed E-state index contributed by atoms with van der Waals surface area (Å²) in [6.45, 7) is 13.6. The van der Waals surface area contributed by atoms with E-state index in [9.17, 15) is 9.90 Å². The number of benzene rings is 2. The van der Waals surface area contributed by atoms with Crippen molar-refractivity contribution < 1.29 is 9.90 Å². The molecule has 34 heavy (non-hydrogen) atoms. The van der Waals surface area contributed by atoms with Crippen LogP contribution < -0.4 is 4.90 Å². The number of carbonyl (C=O) groups is 1. The zero-order valence-electron chi connectivity index (χ0n) is 20.7. The van der Waals surface area contributed by atoms with E-state index in [-0.39, 0.29) is 5.92 Å². The monoisotopic (exact) mass is 502 g/mol. The van der Waals surface area contributed by atoms with Gasteiger partial charge in [-0.05, 0) is 72.2 Å². The molecule has 2 aliphatic heterocycles. The molecule has 6 heteroatoms. The van der Waals surface area contributed by atoms with Crippen LogP contribution in [0.25, 0.3) is 0 Å². The number of anilines is 1. The normalized spacial score (nSPS) is 18.1. The van der Waals surface area contributed by atoms with Gasteiger partial charge in [-0.25, -0.2) is 0 Å². The molecule has 0 unspecified atom stereocenters. The highest BCUT2D eigenvalue weighted by molar-refractivity contribution is 6.39. The number of para-hydroxylation sites is 1. The molecule has 1 N–H and O–H groups in total. The number of hydrogen-bond acceptors (Lipinski definition) is 3. The van der Waals surface area contributed by atoms with Crippen LogP contribution in [0.1, 0.15) is 80.5 Å². The Labute approximate surface area is 213 Å². The topological polar surface area (TPSA) is 43.8 Å². The van der Waals surface area contributed by atoms with Crippen molar-refractivity contribution in [2.24, 2.45) is 5.92 Å². The Balaban J connectivity index is 1.56. The van der Waals surface area contributed by atoms with E-state index in [2.05, 4.69) is 49.6 Å². The SMILES string of the molecule is CC(C)c1cc(C2CN(c3c(Cl)cccc3Cl)C2)cc(C(C)C)c1CN1CCC(C(=O)O)CC1. The molecule has 2 saturated heterocycles. The van der Waals surface area contributed by atoms with Gasteiger partial charge in [-0.3, -0.25) is 9.69 Å². The Morgan fingerprint density at radius 2 is 1.53 bits per heavy atom. The van der Waals surface area contributed by atoms with Crippen molar-refractivity contribution in [1.29, 1.82) is 0 Å². The fourth-order valence-corrected chi connectivity index (χ4v) is 6.05. The van der Waals surface area contributed by atoms with Crippen molar-refractivity contribution in [3.63, 3.8) is 0 Å². The smallest absolute Gasteiger partial charge is 0.306 e. The number of hydrogen-bond donors (Lipinski definition) is 1. The van der Waals surface area contributed by atoms with Gasteiger partial charge in [0.1, 0.15) is 0 Å². The minimum atomic E-state index is -0.651. The van der Waals surface area contributed by atoms with Crippen LogP contribution in [0.4, 0.5) is 5.69 Å². The number of halogens is 2. The maximum absolute atomic E-state index is 11.4. The van der Waals surface area contributed by atoms with E-state index < -0.39 is 5.97 Å². The van der Waals surface area contributed by atoms with Crippen molar-refractivity contribution >= 4 is 34.9 Å². The first-order chi connectivity index (χ1) is 16.2. The predicted molar refractivity (Wildman–Crippen MR) is 142 cm³/mol. The Morgan fingerprint density at radius 3 is 2.00 bits per heavy atom. The van der Waals surface area contributed by atoms with E-state index in [1.165, 1.54) is 22.3 Å². The summed E-state index contributed by atoms with van der Waals surface area (Å²) in [5.41, 5.74) is 6.64. The third kappa shape index (κ3) is 5.24. The molecule has 0 radical (unpaired) electrons. The molecular formula is C28H36Cl2N2O2. The number of aliphatic carboxylic acids is 1. The van der Waals surface area contributed by atoms with Gasteiger partial charge in [0, 0.05) is 25.6 Å². The van der Waals surface area contributed by atoms with Crippen LogP contribution in [-0.4, -0.2) is 42.2 Å². The van der Waals surface area contributed by atoms with Gasteiger partial charge in [0.25, 0.3) is 0 Å². The average Bonchev–Trinajstić information content (AvgIpc) is 2.75. The average molecular weight is 504 g/mol. The molecule has 0 atom stereocenters. The van der Waals surface area contributed by atoms with E-state index in [4.69, 9.17) is 23.2 Å². The molecule has 2 aromatic carbocycles. The van der Waals surface area contributed by atoms with Gasteiger partial charge in [-0.2, -0.15) is 0 Å². The number of carboxylic acid groups (broad SMARTS) is 1. The lowest BCUT2D eigenvalue weighted by molar-refractivity contribution is -0.143.